The van der Waals surface area contributed by atoms with E-state index < -0.39 is 0 Å². The lowest BCUT2D eigenvalue weighted by Crippen LogP contribution is -2.36. The van der Waals surface area contributed by atoms with Crippen LogP contribution in [0.25, 0.3) is 23.3 Å². The lowest BCUT2D eigenvalue weighted by atomic mass is 9.95. The van der Waals surface area contributed by atoms with Crippen molar-refractivity contribution in [1.29, 1.82) is 0 Å². The Bertz CT molecular complexity index is 1450. The molecule has 0 radical (unpaired) electrons. The maximum Gasteiger partial charge on any atom is 0.251 e. The zero-order valence-electron chi connectivity index (χ0n) is 22.9. The van der Waals surface area contributed by atoms with Crippen LogP contribution in [0.15, 0.2) is 72.8 Å². The molecule has 0 bridgehead atoms. The summed E-state index contributed by atoms with van der Waals surface area (Å²) in [6, 6.07) is 18.9. The quantitative estimate of drug-likeness (QED) is 0.360. The van der Waals surface area contributed by atoms with Crippen LogP contribution in [-0.2, 0) is 6.54 Å². The number of hydrogen-bond acceptors (Lipinski definition) is 3. The number of carbonyl (C=O) groups excluding carboxylic acids is 2. The van der Waals surface area contributed by atoms with Gasteiger partial charge in [-0.2, -0.15) is 0 Å². The van der Waals surface area contributed by atoms with Crippen molar-refractivity contribution in [2.24, 2.45) is 0 Å². The number of aromatic hydroxyl groups is 1. The first kappa shape index (κ1) is 27.9. The van der Waals surface area contributed by atoms with Crippen molar-refractivity contribution in [3.05, 3.63) is 99.9 Å². The summed E-state index contributed by atoms with van der Waals surface area (Å²) in [4.78, 5) is 25.5. The molecule has 0 spiro atoms. The van der Waals surface area contributed by atoms with E-state index in [1.54, 1.807) is 12.1 Å². The summed E-state index contributed by atoms with van der Waals surface area (Å²) < 4.78 is 0. The van der Waals surface area contributed by atoms with Gasteiger partial charge >= 0.3 is 0 Å². The second-order valence-electron chi connectivity index (χ2n) is 10.1. The highest BCUT2D eigenvalue weighted by molar-refractivity contribution is 5.96. The molecule has 0 atom stereocenters. The molecule has 0 saturated heterocycles. The fraction of sp³-hybridized carbons (Fsp3) is 0.294. The average molecular weight is 523 g/mol. The summed E-state index contributed by atoms with van der Waals surface area (Å²) in [5, 5.41) is 18.6. The number of rotatable bonds is 8. The van der Waals surface area contributed by atoms with Crippen molar-refractivity contribution in [1.82, 2.24) is 10.6 Å². The molecule has 1 aliphatic carbocycles. The number of phenols is 1. The third-order valence-electron chi connectivity index (χ3n) is 7.13. The molecule has 3 aromatic rings. The van der Waals surface area contributed by atoms with E-state index in [0.29, 0.717) is 17.7 Å². The SMILES string of the molecule is C\C=C/C=c1/cc(-c2cccc(C(=O)NCc3ccc(C(=O)NC4CCCCC4)cc3)c2)cc(O)/c1=C\CC. The predicted molar refractivity (Wildman–Crippen MR) is 159 cm³/mol. The molecule has 5 heteroatoms. The molecule has 0 aliphatic heterocycles. The third-order valence-corrected chi connectivity index (χ3v) is 7.13. The first-order valence-corrected chi connectivity index (χ1v) is 13.9. The van der Waals surface area contributed by atoms with Crippen LogP contribution in [0.2, 0.25) is 0 Å². The van der Waals surface area contributed by atoms with Gasteiger partial charge < -0.3 is 15.7 Å². The lowest BCUT2D eigenvalue weighted by molar-refractivity contribution is 0.0924. The minimum absolute atomic E-state index is 0.0348. The molecule has 1 fully saturated rings. The monoisotopic (exact) mass is 522 g/mol. The van der Waals surface area contributed by atoms with E-state index in [-0.39, 0.29) is 23.6 Å². The van der Waals surface area contributed by atoms with Crippen LogP contribution >= 0.6 is 0 Å². The van der Waals surface area contributed by atoms with E-state index in [2.05, 4.69) is 10.6 Å². The summed E-state index contributed by atoms with van der Waals surface area (Å²) >= 11 is 0. The Labute approximate surface area is 231 Å². The van der Waals surface area contributed by atoms with Gasteiger partial charge in [0.05, 0.1) is 0 Å². The van der Waals surface area contributed by atoms with Crippen molar-refractivity contribution in [3.8, 4) is 16.9 Å². The van der Waals surface area contributed by atoms with Gasteiger partial charge in [-0.15, -0.1) is 0 Å². The summed E-state index contributed by atoms with van der Waals surface area (Å²) in [7, 11) is 0. The van der Waals surface area contributed by atoms with Crippen LogP contribution in [0.5, 0.6) is 5.75 Å². The highest BCUT2D eigenvalue weighted by Crippen LogP contribution is 2.22. The van der Waals surface area contributed by atoms with E-state index in [1.807, 2.05) is 86.7 Å². The Morgan fingerprint density at radius 2 is 1.69 bits per heavy atom. The summed E-state index contributed by atoms with van der Waals surface area (Å²) in [5.74, 6) is 0.0000780. The molecule has 0 aromatic heterocycles. The van der Waals surface area contributed by atoms with Crippen LogP contribution < -0.4 is 21.1 Å². The van der Waals surface area contributed by atoms with E-state index in [4.69, 9.17) is 0 Å². The van der Waals surface area contributed by atoms with Crippen molar-refractivity contribution in [2.75, 3.05) is 0 Å². The molecule has 3 N–H and O–H groups in total. The Balaban J connectivity index is 1.43. The van der Waals surface area contributed by atoms with Gasteiger partial charge in [-0.1, -0.05) is 74.8 Å². The lowest BCUT2D eigenvalue weighted by Gasteiger charge is -2.22. The zero-order chi connectivity index (χ0) is 27.6. The van der Waals surface area contributed by atoms with E-state index in [9.17, 15) is 14.7 Å². The molecule has 0 unspecified atom stereocenters. The van der Waals surface area contributed by atoms with Gasteiger partial charge in [0.15, 0.2) is 0 Å². The Morgan fingerprint density at radius 3 is 2.41 bits per heavy atom. The zero-order valence-corrected chi connectivity index (χ0v) is 22.9. The molecule has 1 aliphatic rings. The standard InChI is InChI=1S/C34H38N2O3/c1-3-5-11-27-21-29(22-32(37)31(27)10-4-2)26-12-9-13-28(20-26)33(38)35-23-24-16-18-25(19-17-24)34(39)36-30-14-7-6-8-15-30/h3,5,9-13,16-22,30,37H,4,6-8,14-15,23H2,1-2H3,(H,35,38)(H,36,39)/b5-3-,27-11-,31-10-. The third kappa shape index (κ3) is 7.47. The van der Waals surface area contributed by atoms with Gasteiger partial charge in [0.2, 0.25) is 0 Å². The number of benzene rings is 3. The maximum absolute atomic E-state index is 13.0. The second-order valence-corrected chi connectivity index (χ2v) is 10.1. The topological polar surface area (TPSA) is 78.4 Å². The molecular formula is C34H38N2O3. The highest BCUT2D eigenvalue weighted by Gasteiger charge is 2.16. The van der Waals surface area contributed by atoms with Gasteiger partial charge in [-0.25, -0.2) is 0 Å². The number of carbonyl (C=O) groups is 2. The smallest absolute Gasteiger partial charge is 0.251 e. The number of nitrogens with one attached hydrogen (secondary N) is 2. The van der Waals surface area contributed by atoms with E-state index in [0.717, 1.165) is 46.4 Å². The Morgan fingerprint density at radius 1 is 0.923 bits per heavy atom. The van der Waals surface area contributed by atoms with Crippen molar-refractivity contribution in [3.63, 3.8) is 0 Å². The Kier molecular flexibility index (Phi) is 9.74. The van der Waals surface area contributed by atoms with Crippen LogP contribution in [0.3, 0.4) is 0 Å². The normalized spacial score (nSPS) is 15.0. The molecule has 2 amide bonds. The first-order valence-electron chi connectivity index (χ1n) is 13.9. The minimum Gasteiger partial charge on any atom is -0.507 e. The van der Waals surface area contributed by atoms with Gasteiger partial charge in [-0.05, 0) is 84.5 Å². The van der Waals surface area contributed by atoms with Crippen LogP contribution in [0, 0.1) is 0 Å². The van der Waals surface area contributed by atoms with Gasteiger partial charge in [-0.3, -0.25) is 9.59 Å². The number of phenolic OH excluding ortho intramolecular Hbond substituents is 1. The Hall–Kier alpha value is -4.12. The average Bonchev–Trinajstić information content (AvgIpc) is 2.97. The summed E-state index contributed by atoms with van der Waals surface area (Å²) in [6.45, 7) is 4.35. The highest BCUT2D eigenvalue weighted by atomic mass is 16.3. The number of hydrogen-bond donors (Lipinski definition) is 3. The fourth-order valence-corrected chi connectivity index (χ4v) is 5.00. The molecular weight excluding hydrogens is 484 g/mol. The molecule has 1 saturated carbocycles. The van der Waals surface area contributed by atoms with E-state index >= 15 is 0 Å². The molecule has 3 aromatic carbocycles. The first-order chi connectivity index (χ1) is 19.0. The van der Waals surface area contributed by atoms with Crippen LogP contribution in [0.4, 0.5) is 0 Å². The van der Waals surface area contributed by atoms with Crippen LogP contribution in [0.1, 0.15) is 78.7 Å². The van der Waals surface area contributed by atoms with Gasteiger partial charge in [0.25, 0.3) is 11.8 Å². The molecule has 5 nitrogen and oxygen atoms in total. The molecule has 39 heavy (non-hydrogen) atoms. The summed E-state index contributed by atoms with van der Waals surface area (Å²) in [6.07, 6.45) is 14.4. The molecule has 4 rings (SSSR count). The van der Waals surface area contributed by atoms with Gasteiger partial charge in [0.1, 0.15) is 5.75 Å². The van der Waals surface area contributed by atoms with E-state index in [1.165, 1.54) is 19.3 Å². The fourth-order valence-electron chi connectivity index (χ4n) is 5.00. The van der Waals surface area contributed by atoms with Crippen LogP contribution in [-0.4, -0.2) is 23.0 Å². The number of allylic oxidation sites excluding steroid dienone is 2. The summed E-state index contributed by atoms with van der Waals surface area (Å²) in [5.41, 5.74) is 3.79. The minimum atomic E-state index is -0.183. The van der Waals surface area contributed by atoms with Crippen molar-refractivity contribution in [2.45, 2.75) is 65.0 Å². The number of amides is 2. The second kappa shape index (κ2) is 13.6. The largest absolute Gasteiger partial charge is 0.507 e. The van der Waals surface area contributed by atoms with Crippen molar-refractivity contribution >= 4 is 24.0 Å². The molecule has 202 valence electrons. The predicted octanol–water partition coefficient (Wildman–Crippen LogP) is 5.60. The maximum atomic E-state index is 13.0. The van der Waals surface area contributed by atoms with Gasteiger partial charge in [0, 0.05) is 28.9 Å². The molecule has 0 heterocycles. The van der Waals surface area contributed by atoms with Crippen molar-refractivity contribution < 1.29 is 14.7 Å².